The van der Waals surface area contributed by atoms with E-state index in [0.717, 1.165) is 19.3 Å². The third kappa shape index (κ3) is 1.73. The van der Waals surface area contributed by atoms with Crippen LogP contribution in [-0.2, 0) is 0 Å². The van der Waals surface area contributed by atoms with Gasteiger partial charge in [-0.2, -0.15) is 0 Å². The van der Waals surface area contributed by atoms with Crippen LogP contribution in [0.5, 0.6) is 0 Å². The summed E-state index contributed by atoms with van der Waals surface area (Å²) in [5, 5.41) is 10.8. The van der Waals surface area contributed by atoms with Crippen molar-refractivity contribution in [2.45, 2.75) is 64.4 Å². The van der Waals surface area contributed by atoms with Crippen LogP contribution in [0.15, 0.2) is 12.7 Å². The Hall–Kier alpha value is -0.300. The third-order valence-electron chi connectivity index (χ3n) is 5.52. The maximum Gasteiger partial charge on any atom is 0.0681 e. The maximum absolute atomic E-state index is 10.8. The summed E-state index contributed by atoms with van der Waals surface area (Å²) in [6.45, 7) is 8.65. The molecule has 4 atom stereocenters. The molecule has 0 amide bonds. The molecule has 0 radical (unpaired) electrons. The van der Waals surface area contributed by atoms with Gasteiger partial charge in [-0.25, -0.2) is 0 Å². The van der Waals surface area contributed by atoms with E-state index >= 15 is 0 Å². The third-order valence-corrected chi connectivity index (χ3v) is 5.52. The molecule has 0 saturated heterocycles. The molecule has 2 rings (SSSR count). The molecule has 0 aromatic carbocycles. The number of rotatable bonds is 2. The summed E-state index contributed by atoms with van der Waals surface area (Å²) in [4.78, 5) is 0. The van der Waals surface area contributed by atoms with Gasteiger partial charge in [-0.1, -0.05) is 32.8 Å². The summed E-state index contributed by atoms with van der Waals surface area (Å²) in [5.74, 6) is 1.21. The smallest absolute Gasteiger partial charge is 0.0681 e. The van der Waals surface area contributed by atoms with Crippen LogP contribution >= 0.6 is 0 Å². The van der Waals surface area contributed by atoms with Crippen molar-refractivity contribution in [3.63, 3.8) is 0 Å². The lowest BCUT2D eigenvalue weighted by Gasteiger charge is -2.56. The average Bonchev–Trinajstić information content (AvgIpc) is 2.25. The van der Waals surface area contributed by atoms with E-state index in [1.54, 1.807) is 0 Å². The second-order valence-electron chi connectivity index (χ2n) is 6.34. The molecule has 0 spiro atoms. The van der Waals surface area contributed by atoms with Gasteiger partial charge in [-0.3, -0.25) is 0 Å². The van der Waals surface area contributed by atoms with Crippen molar-refractivity contribution in [1.29, 1.82) is 0 Å². The van der Waals surface area contributed by atoms with Crippen molar-refractivity contribution in [3.05, 3.63) is 12.7 Å². The van der Waals surface area contributed by atoms with Gasteiger partial charge in [0.1, 0.15) is 0 Å². The van der Waals surface area contributed by atoms with E-state index in [0.29, 0.717) is 11.8 Å². The van der Waals surface area contributed by atoms with E-state index < -0.39 is 0 Å². The number of hydrogen-bond acceptors (Lipinski definition) is 1. The molecular formula is C15H26O. The SMILES string of the molecule is C=CCC1(C)C(C)CCC2(O)CCCCC21. The molecule has 1 nitrogen and oxygen atoms in total. The normalized spacial score (nSPS) is 48.4. The summed E-state index contributed by atoms with van der Waals surface area (Å²) in [7, 11) is 0. The zero-order valence-electron chi connectivity index (χ0n) is 10.8. The van der Waals surface area contributed by atoms with Gasteiger partial charge in [0.25, 0.3) is 0 Å². The lowest BCUT2D eigenvalue weighted by Crippen LogP contribution is -2.54. The zero-order chi connectivity index (χ0) is 11.8. The fraction of sp³-hybridized carbons (Fsp3) is 0.867. The largest absolute Gasteiger partial charge is 0.390 e. The van der Waals surface area contributed by atoms with Crippen molar-refractivity contribution in [1.82, 2.24) is 0 Å². The average molecular weight is 222 g/mol. The van der Waals surface area contributed by atoms with Crippen LogP contribution in [0.4, 0.5) is 0 Å². The highest BCUT2D eigenvalue weighted by atomic mass is 16.3. The van der Waals surface area contributed by atoms with Gasteiger partial charge in [-0.05, 0) is 49.4 Å². The van der Waals surface area contributed by atoms with Crippen LogP contribution < -0.4 is 0 Å². The minimum atomic E-state index is -0.359. The number of hydrogen-bond donors (Lipinski definition) is 1. The molecule has 92 valence electrons. The van der Waals surface area contributed by atoms with Crippen LogP contribution in [-0.4, -0.2) is 10.7 Å². The van der Waals surface area contributed by atoms with Crippen molar-refractivity contribution in [2.24, 2.45) is 17.3 Å². The topological polar surface area (TPSA) is 20.2 Å². The highest BCUT2D eigenvalue weighted by Crippen LogP contribution is 2.56. The molecule has 4 unspecified atom stereocenters. The summed E-state index contributed by atoms with van der Waals surface area (Å²) >= 11 is 0. The van der Waals surface area contributed by atoms with E-state index in [2.05, 4.69) is 26.5 Å². The van der Waals surface area contributed by atoms with Gasteiger partial charge in [0.15, 0.2) is 0 Å². The molecule has 16 heavy (non-hydrogen) atoms. The van der Waals surface area contributed by atoms with Crippen molar-refractivity contribution in [2.75, 3.05) is 0 Å². The van der Waals surface area contributed by atoms with Gasteiger partial charge in [-0.15, -0.1) is 6.58 Å². The van der Waals surface area contributed by atoms with Gasteiger partial charge < -0.3 is 5.11 Å². The molecule has 0 bridgehead atoms. The first-order valence-electron chi connectivity index (χ1n) is 6.86. The highest BCUT2D eigenvalue weighted by Gasteiger charge is 2.53. The molecule has 2 aliphatic rings. The molecule has 0 aromatic heterocycles. The number of aliphatic hydroxyl groups is 1. The van der Waals surface area contributed by atoms with Crippen LogP contribution in [0.2, 0.25) is 0 Å². The van der Waals surface area contributed by atoms with E-state index in [1.807, 2.05) is 0 Å². The summed E-state index contributed by atoms with van der Waals surface area (Å²) in [5.41, 5.74) is -0.0856. The Kier molecular flexibility index (Phi) is 3.18. The standard InChI is InChI=1S/C15H26O/c1-4-9-14(3)12(2)8-11-15(16)10-6-5-7-13(14)15/h4,12-13,16H,1,5-11H2,2-3H3. The molecule has 2 fully saturated rings. The highest BCUT2D eigenvalue weighted by molar-refractivity contribution is 5.05. The summed E-state index contributed by atoms with van der Waals surface area (Å²) < 4.78 is 0. The predicted octanol–water partition coefficient (Wildman–Crippen LogP) is 3.92. The number of allylic oxidation sites excluding steroid dienone is 1. The van der Waals surface area contributed by atoms with Crippen molar-refractivity contribution >= 4 is 0 Å². The van der Waals surface area contributed by atoms with Crippen LogP contribution in [0.25, 0.3) is 0 Å². The second kappa shape index (κ2) is 4.18. The Bertz CT molecular complexity index is 273. The Morgan fingerprint density at radius 1 is 1.31 bits per heavy atom. The molecule has 0 heterocycles. The van der Waals surface area contributed by atoms with E-state index in [-0.39, 0.29) is 11.0 Å². The first-order valence-corrected chi connectivity index (χ1v) is 6.86. The first-order chi connectivity index (χ1) is 7.53. The fourth-order valence-corrected chi connectivity index (χ4v) is 4.26. The van der Waals surface area contributed by atoms with E-state index in [4.69, 9.17) is 0 Å². The van der Waals surface area contributed by atoms with Gasteiger partial charge in [0, 0.05) is 0 Å². The Morgan fingerprint density at radius 3 is 2.75 bits per heavy atom. The maximum atomic E-state index is 10.8. The van der Waals surface area contributed by atoms with E-state index in [9.17, 15) is 5.11 Å². The minimum Gasteiger partial charge on any atom is -0.390 e. The minimum absolute atomic E-state index is 0.273. The van der Waals surface area contributed by atoms with Crippen molar-refractivity contribution < 1.29 is 5.11 Å². The molecule has 1 heteroatoms. The van der Waals surface area contributed by atoms with Crippen molar-refractivity contribution in [3.8, 4) is 0 Å². The lowest BCUT2D eigenvalue weighted by atomic mass is 9.51. The fourth-order valence-electron chi connectivity index (χ4n) is 4.26. The predicted molar refractivity (Wildman–Crippen MR) is 68.2 cm³/mol. The summed E-state index contributed by atoms with van der Waals surface area (Å²) in [6.07, 6.45) is 10.1. The molecule has 2 saturated carbocycles. The van der Waals surface area contributed by atoms with E-state index in [1.165, 1.54) is 25.7 Å². The Balaban J connectivity index is 2.29. The van der Waals surface area contributed by atoms with Crippen LogP contribution in [0.1, 0.15) is 58.8 Å². The molecule has 0 aliphatic heterocycles. The molecule has 0 aromatic rings. The summed E-state index contributed by atoms with van der Waals surface area (Å²) in [6, 6.07) is 0. The number of fused-ring (bicyclic) bond motifs is 1. The quantitative estimate of drug-likeness (QED) is 0.702. The Labute approximate surface area is 99.9 Å². The van der Waals surface area contributed by atoms with Crippen LogP contribution in [0.3, 0.4) is 0 Å². The second-order valence-corrected chi connectivity index (χ2v) is 6.34. The molecular weight excluding hydrogens is 196 g/mol. The monoisotopic (exact) mass is 222 g/mol. The van der Waals surface area contributed by atoms with Crippen LogP contribution in [0, 0.1) is 17.3 Å². The van der Waals surface area contributed by atoms with Gasteiger partial charge in [0.2, 0.25) is 0 Å². The zero-order valence-corrected chi connectivity index (χ0v) is 10.8. The Morgan fingerprint density at radius 2 is 2.06 bits per heavy atom. The van der Waals surface area contributed by atoms with Gasteiger partial charge in [0.05, 0.1) is 5.60 Å². The lowest BCUT2D eigenvalue weighted by molar-refractivity contribution is -0.150. The first kappa shape index (κ1) is 12.2. The molecule has 1 N–H and O–H groups in total. The molecule has 2 aliphatic carbocycles. The van der Waals surface area contributed by atoms with Gasteiger partial charge >= 0.3 is 0 Å².